The van der Waals surface area contributed by atoms with Crippen molar-refractivity contribution in [1.29, 1.82) is 0 Å². The van der Waals surface area contributed by atoms with Crippen LogP contribution in [0, 0.1) is 6.92 Å². The van der Waals surface area contributed by atoms with Gasteiger partial charge in [0.05, 0.1) is 5.56 Å². The molecule has 0 radical (unpaired) electrons. The normalized spacial score (nSPS) is 17.1. The van der Waals surface area contributed by atoms with Gasteiger partial charge in [-0.1, -0.05) is 6.07 Å². The van der Waals surface area contributed by atoms with E-state index in [9.17, 15) is 4.79 Å². The van der Waals surface area contributed by atoms with Crippen molar-refractivity contribution < 1.29 is 9.53 Å². The Morgan fingerprint density at radius 2 is 2.07 bits per heavy atom. The lowest BCUT2D eigenvalue weighted by Crippen LogP contribution is -2.25. The summed E-state index contributed by atoms with van der Waals surface area (Å²) in [5.41, 5.74) is 2.92. The minimum absolute atomic E-state index is 0.0731. The Kier molecular flexibility index (Phi) is 2.10. The smallest absolute Gasteiger partial charge is 0.163 e. The van der Waals surface area contributed by atoms with Crippen LogP contribution in [0.2, 0.25) is 0 Å². The molecule has 2 nitrogen and oxygen atoms in total. The van der Waals surface area contributed by atoms with Gasteiger partial charge in [-0.3, -0.25) is 4.79 Å². The Morgan fingerprint density at radius 1 is 1.40 bits per heavy atom. The third-order valence-electron chi connectivity index (χ3n) is 2.85. The van der Waals surface area contributed by atoms with Crippen LogP contribution < -0.4 is 4.74 Å². The molecule has 1 heterocycles. The van der Waals surface area contributed by atoms with Gasteiger partial charge in [0.25, 0.3) is 0 Å². The molecule has 1 aromatic rings. The van der Waals surface area contributed by atoms with Gasteiger partial charge >= 0.3 is 0 Å². The fraction of sp³-hybridized carbons (Fsp3) is 0.462. The highest BCUT2D eigenvalue weighted by Gasteiger charge is 2.33. The van der Waals surface area contributed by atoms with E-state index in [1.54, 1.807) is 6.92 Å². The first kappa shape index (κ1) is 10.2. The molecule has 15 heavy (non-hydrogen) atoms. The second kappa shape index (κ2) is 3.09. The molecule has 0 atom stereocenters. The monoisotopic (exact) mass is 204 g/mol. The zero-order valence-corrected chi connectivity index (χ0v) is 9.68. The van der Waals surface area contributed by atoms with Crippen molar-refractivity contribution in [2.45, 2.75) is 39.7 Å². The van der Waals surface area contributed by atoms with E-state index in [-0.39, 0.29) is 11.4 Å². The fourth-order valence-corrected chi connectivity index (χ4v) is 2.08. The number of carbonyl (C=O) groups excluding carboxylic acids is 1. The molecule has 0 fully saturated rings. The Hall–Kier alpha value is -1.31. The lowest BCUT2D eigenvalue weighted by molar-refractivity contribution is 0.0998. The Morgan fingerprint density at radius 3 is 2.67 bits per heavy atom. The van der Waals surface area contributed by atoms with Crippen LogP contribution in [0.25, 0.3) is 0 Å². The molecule has 1 aliphatic rings. The molecule has 0 aliphatic carbocycles. The summed E-state index contributed by atoms with van der Waals surface area (Å²) in [6, 6.07) is 3.86. The Bertz CT molecular complexity index is 430. The highest BCUT2D eigenvalue weighted by molar-refractivity contribution is 5.97. The van der Waals surface area contributed by atoms with Crippen molar-refractivity contribution in [2.24, 2.45) is 0 Å². The van der Waals surface area contributed by atoms with Crippen molar-refractivity contribution in [1.82, 2.24) is 0 Å². The molecule has 0 saturated carbocycles. The van der Waals surface area contributed by atoms with Gasteiger partial charge in [0.1, 0.15) is 11.4 Å². The molecular weight excluding hydrogens is 188 g/mol. The van der Waals surface area contributed by atoms with Gasteiger partial charge in [-0.25, -0.2) is 0 Å². The summed E-state index contributed by atoms with van der Waals surface area (Å²) >= 11 is 0. The van der Waals surface area contributed by atoms with Gasteiger partial charge < -0.3 is 4.74 Å². The molecule has 0 unspecified atom stereocenters. The van der Waals surface area contributed by atoms with Crippen LogP contribution >= 0.6 is 0 Å². The van der Waals surface area contributed by atoms with Crippen LogP contribution in [0.3, 0.4) is 0 Å². The average molecular weight is 204 g/mol. The minimum Gasteiger partial charge on any atom is -0.486 e. The van der Waals surface area contributed by atoms with E-state index in [0.717, 1.165) is 12.2 Å². The molecule has 2 rings (SSSR count). The molecule has 1 aromatic carbocycles. The molecule has 80 valence electrons. The molecule has 0 aromatic heterocycles. The maximum Gasteiger partial charge on any atom is 0.163 e. The number of Topliss-reactive ketones (excluding diaryl/α,β-unsaturated/α-hetero) is 1. The quantitative estimate of drug-likeness (QED) is 0.657. The summed E-state index contributed by atoms with van der Waals surface area (Å²) in [4.78, 5) is 11.4. The third kappa shape index (κ3) is 1.65. The predicted octanol–water partition coefficient (Wildman–Crippen LogP) is 2.91. The lowest BCUT2D eigenvalue weighted by Gasteiger charge is -2.17. The SMILES string of the molecule is CC(=O)c1ccc(C)c2c1OC(C)(C)C2. The molecule has 1 aliphatic heterocycles. The van der Waals surface area contributed by atoms with E-state index >= 15 is 0 Å². The maximum atomic E-state index is 11.4. The number of fused-ring (bicyclic) bond motifs is 1. The number of rotatable bonds is 1. The predicted molar refractivity (Wildman–Crippen MR) is 59.6 cm³/mol. The van der Waals surface area contributed by atoms with Crippen molar-refractivity contribution in [3.63, 3.8) is 0 Å². The minimum atomic E-state index is -0.182. The summed E-state index contributed by atoms with van der Waals surface area (Å²) in [6.07, 6.45) is 0.884. The van der Waals surface area contributed by atoms with E-state index in [1.807, 2.05) is 12.1 Å². The zero-order chi connectivity index (χ0) is 11.2. The number of carbonyl (C=O) groups is 1. The summed E-state index contributed by atoms with van der Waals surface area (Å²) < 4.78 is 5.85. The van der Waals surface area contributed by atoms with Gasteiger partial charge in [0, 0.05) is 12.0 Å². The molecule has 0 spiro atoms. The van der Waals surface area contributed by atoms with Crippen molar-refractivity contribution >= 4 is 5.78 Å². The number of aryl methyl sites for hydroxylation is 1. The number of benzene rings is 1. The molecule has 0 saturated heterocycles. The summed E-state index contributed by atoms with van der Waals surface area (Å²) in [5, 5.41) is 0. The molecular formula is C13H16O2. The Balaban J connectivity index is 2.60. The Labute approximate surface area is 90.3 Å². The number of ether oxygens (including phenoxy) is 1. The van der Waals surface area contributed by atoms with Crippen LogP contribution in [-0.4, -0.2) is 11.4 Å². The van der Waals surface area contributed by atoms with E-state index in [2.05, 4.69) is 20.8 Å². The summed E-state index contributed by atoms with van der Waals surface area (Å²) in [6.45, 7) is 7.75. The molecule has 0 amide bonds. The van der Waals surface area contributed by atoms with E-state index in [0.29, 0.717) is 5.56 Å². The molecule has 0 N–H and O–H groups in total. The zero-order valence-electron chi connectivity index (χ0n) is 9.68. The van der Waals surface area contributed by atoms with Crippen molar-refractivity contribution in [3.05, 3.63) is 28.8 Å². The number of ketones is 1. The highest BCUT2D eigenvalue weighted by Crippen LogP contribution is 2.39. The third-order valence-corrected chi connectivity index (χ3v) is 2.85. The van der Waals surface area contributed by atoms with Crippen LogP contribution in [0.15, 0.2) is 12.1 Å². The average Bonchev–Trinajstić information content (AvgIpc) is 2.41. The van der Waals surface area contributed by atoms with Crippen LogP contribution in [0.1, 0.15) is 42.3 Å². The maximum absolute atomic E-state index is 11.4. The molecule has 0 bridgehead atoms. The first-order valence-electron chi connectivity index (χ1n) is 5.23. The summed E-state index contributed by atoms with van der Waals surface area (Å²) in [5.74, 6) is 0.872. The van der Waals surface area contributed by atoms with Gasteiger partial charge in [0.15, 0.2) is 5.78 Å². The van der Waals surface area contributed by atoms with Gasteiger partial charge in [-0.15, -0.1) is 0 Å². The van der Waals surface area contributed by atoms with Crippen LogP contribution in [0.5, 0.6) is 5.75 Å². The first-order valence-corrected chi connectivity index (χ1v) is 5.23. The summed E-state index contributed by atoms with van der Waals surface area (Å²) in [7, 11) is 0. The van der Waals surface area contributed by atoms with Crippen molar-refractivity contribution in [3.8, 4) is 5.75 Å². The van der Waals surface area contributed by atoms with E-state index in [1.165, 1.54) is 11.1 Å². The standard InChI is InChI=1S/C13H16O2/c1-8-5-6-10(9(2)14)12-11(8)7-13(3,4)15-12/h5-6H,7H2,1-4H3. The van der Waals surface area contributed by atoms with Gasteiger partial charge in [-0.2, -0.15) is 0 Å². The largest absolute Gasteiger partial charge is 0.486 e. The second-order valence-corrected chi connectivity index (χ2v) is 4.83. The lowest BCUT2D eigenvalue weighted by atomic mass is 9.96. The van der Waals surface area contributed by atoms with Gasteiger partial charge in [-0.05, 0) is 39.3 Å². The first-order chi connectivity index (χ1) is 6.91. The highest BCUT2D eigenvalue weighted by atomic mass is 16.5. The fourth-order valence-electron chi connectivity index (χ4n) is 2.08. The topological polar surface area (TPSA) is 26.3 Å². The second-order valence-electron chi connectivity index (χ2n) is 4.83. The number of hydrogen-bond donors (Lipinski definition) is 0. The number of hydrogen-bond acceptors (Lipinski definition) is 2. The van der Waals surface area contributed by atoms with Crippen molar-refractivity contribution in [2.75, 3.05) is 0 Å². The van der Waals surface area contributed by atoms with Gasteiger partial charge in [0.2, 0.25) is 0 Å². The van der Waals surface area contributed by atoms with E-state index < -0.39 is 0 Å². The molecule has 2 heteroatoms. The van der Waals surface area contributed by atoms with E-state index in [4.69, 9.17) is 4.74 Å². The van der Waals surface area contributed by atoms with Crippen LogP contribution in [0.4, 0.5) is 0 Å². The van der Waals surface area contributed by atoms with Crippen LogP contribution in [-0.2, 0) is 6.42 Å².